The van der Waals surface area contributed by atoms with Crippen molar-refractivity contribution < 1.29 is 40.3 Å². The maximum Gasteiger partial charge on any atom is 0.425 e. The lowest BCUT2D eigenvalue weighted by molar-refractivity contribution is -0.137. The summed E-state index contributed by atoms with van der Waals surface area (Å²) < 4.78 is 60.9. The number of hydrogen-bond acceptors (Lipinski definition) is 8. The normalized spacial score (nSPS) is 16.2. The molecule has 3 heterocycles. The highest BCUT2D eigenvalue weighted by Crippen LogP contribution is 2.46. The van der Waals surface area contributed by atoms with E-state index < -0.39 is 26.7 Å². The molecule has 0 radical (unpaired) electrons. The summed E-state index contributed by atoms with van der Waals surface area (Å²) in [6.45, 7) is 8.67. The summed E-state index contributed by atoms with van der Waals surface area (Å²) in [7, 11) is -5.63. The number of aliphatic carboxylic acids is 1. The first-order valence-electron chi connectivity index (χ1n) is 19.7. The van der Waals surface area contributed by atoms with Gasteiger partial charge in [-0.15, -0.1) is 12.6 Å². The third-order valence-electron chi connectivity index (χ3n) is 12.0. The second-order valence-corrected chi connectivity index (χ2v) is 18.0. The highest BCUT2D eigenvalue weighted by molar-refractivity contribution is 7.85. The second-order valence-electron chi connectivity index (χ2n) is 16.1. The standard InChI is InChI=1S/C44H47N3O6S.O3S/c1-44(2)37-26-38-29(10-6-23-47(38)27-28-16-18-31(19-17-28)54(51,52)53)24-35(37)40(32-12-4-5-13-33(32)43(50)45(3)20-9-15-39(48)49)36-25-30-11-7-21-46-22-8-14-34(41(36)44)42(30)46;1-4(2)3/h4-5,12-13,16-19,24-26H,6-11,14-15,20-23,27H2,1-3H3,(H-,48,49,51,52,53);/p+1. The lowest BCUT2D eigenvalue weighted by atomic mass is 9.65. The molecule has 0 saturated heterocycles. The van der Waals surface area contributed by atoms with E-state index in [4.69, 9.17) is 12.6 Å². The number of benzene rings is 4. The zero-order valence-electron chi connectivity index (χ0n) is 33.0. The highest BCUT2D eigenvalue weighted by atomic mass is 32.2. The van der Waals surface area contributed by atoms with Crippen molar-refractivity contribution in [2.75, 3.05) is 38.1 Å². The summed E-state index contributed by atoms with van der Waals surface area (Å²) in [6, 6.07) is 21.6. The SMILES string of the molecule is CN(CCCC(=O)O)C(=O)c1ccccc1C1=c2cc3c4c(c2C(C)(C)c2cc5c(cc21)CCCN5Cc1ccc(S(=O)(=O)O)cc1)CCC[N+]=4CCC3.O=S(=O)=O. The van der Waals surface area contributed by atoms with Crippen LogP contribution in [0.2, 0.25) is 0 Å². The van der Waals surface area contributed by atoms with Gasteiger partial charge in [0.15, 0.2) is 0 Å². The first-order valence-corrected chi connectivity index (χ1v) is 22.1. The van der Waals surface area contributed by atoms with E-state index in [1.807, 2.05) is 18.2 Å². The average molecular weight is 827 g/mol. The smallest absolute Gasteiger partial charge is 0.425 e. The van der Waals surface area contributed by atoms with Crippen molar-refractivity contribution in [3.05, 3.63) is 127 Å². The highest BCUT2D eigenvalue weighted by Gasteiger charge is 2.40. The Kier molecular flexibility index (Phi) is 11.5. The van der Waals surface area contributed by atoms with Crippen LogP contribution in [0.1, 0.15) is 101 Å². The second kappa shape index (κ2) is 16.2. The van der Waals surface area contributed by atoms with Crippen molar-refractivity contribution in [1.29, 1.82) is 0 Å². The van der Waals surface area contributed by atoms with E-state index in [9.17, 15) is 27.7 Å². The van der Waals surface area contributed by atoms with Crippen molar-refractivity contribution in [3.8, 4) is 0 Å². The molecular formula is C44H48N3O9S2+. The molecule has 12 nitrogen and oxygen atoms in total. The van der Waals surface area contributed by atoms with Gasteiger partial charge in [-0.1, -0.05) is 44.2 Å². The summed E-state index contributed by atoms with van der Waals surface area (Å²) in [5.74, 6) is -0.987. The third kappa shape index (κ3) is 7.97. The summed E-state index contributed by atoms with van der Waals surface area (Å²) in [4.78, 5) is 29.5. The van der Waals surface area contributed by atoms with Crippen molar-refractivity contribution in [3.63, 3.8) is 0 Å². The molecular weight excluding hydrogens is 779 g/mol. The van der Waals surface area contributed by atoms with Crippen LogP contribution in [0.15, 0.2) is 71.6 Å². The van der Waals surface area contributed by atoms with Gasteiger partial charge in [0.1, 0.15) is 13.1 Å². The molecule has 4 aromatic rings. The van der Waals surface area contributed by atoms with Gasteiger partial charge in [-0.2, -0.15) is 8.42 Å². The van der Waals surface area contributed by atoms with Gasteiger partial charge >= 0.3 is 16.6 Å². The Morgan fingerprint density at radius 3 is 2.26 bits per heavy atom. The van der Waals surface area contributed by atoms with Gasteiger partial charge < -0.3 is 14.9 Å². The van der Waals surface area contributed by atoms with Crippen LogP contribution in [-0.4, -0.2) is 80.7 Å². The molecule has 1 aliphatic carbocycles. The van der Waals surface area contributed by atoms with Crippen molar-refractivity contribution in [1.82, 2.24) is 9.48 Å². The maximum absolute atomic E-state index is 14.3. The van der Waals surface area contributed by atoms with E-state index in [2.05, 4.69) is 47.6 Å². The molecule has 0 spiro atoms. The molecule has 304 valence electrons. The van der Waals surface area contributed by atoms with Gasteiger partial charge in [0.05, 0.1) is 4.90 Å². The predicted octanol–water partition coefficient (Wildman–Crippen LogP) is 4.09. The van der Waals surface area contributed by atoms with Gasteiger partial charge in [0.2, 0.25) is 5.36 Å². The van der Waals surface area contributed by atoms with Crippen LogP contribution in [0.4, 0.5) is 5.69 Å². The number of fused-ring (bicyclic) bond motifs is 4. The molecule has 8 rings (SSSR count). The Labute approximate surface area is 340 Å². The van der Waals surface area contributed by atoms with Gasteiger partial charge in [-0.25, -0.2) is 4.58 Å². The first kappa shape index (κ1) is 41.0. The molecule has 4 aliphatic rings. The number of rotatable bonds is 9. The summed E-state index contributed by atoms with van der Waals surface area (Å²) in [6.07, 6.45) is 6.54. The fraction of sp³-hybridized carbons (Fsp3) is 0.386. The summed E-state index contributed by atoms with van der Waals surface area (Å²) in [5.41, 5.74) is 12.2. The average Bonchev–Trinajstić information content (AvgIpc) is 3.17. The van der Waals surface area contributed by atoms with Crippen LogP contribution in [0.5, 0.6) is 0 Å². The molecule has 0 fully saturated rings. The van der Waals surface area contributed by atoms with E-state index in [0.717, 1.165) is 80.4 Å². The molecule has 0 saturated carbocycles. The maximum atomic E-state index is 14.3. The minimum Gasteiger partial charge on any atom is -0.481 e. The van der Waals surface area contributed by atoms with Crippen LogP contribution in [-0.2, 0) is 56.7 Å². The number of nitrogens with zero attached hydrogens (tertiary/aromatic N) is 3. The fourth-order valence-corrected chi connectivity index (χ4v) is 10.1. The molecule has 0 atom stereocenters. The van der Waals surface area contributed by atoms with Crippen LogP contribution in [0, 0.1) is 0 Å². The lowest BCUT2D eigenvalue weighted by Gasteiger charge is -2.40. The molecule has 0 unspecified atom stereocenters. The number of carbonyl (C=O) groups is 2. The van der Waals surface area contributed by atoms with Gasteiger partial charge in [-0.3, -0.25) is 14.1 Å². The van der Waals surface area contributed by atoms with Crippen LogP contribution in [0.3, 0.4) is 0 Å². The van der Waals surface area contributed by atoms with Gasteiger partial charge in [0, 0.05) is 73.7 Å². The Bertz CT molecular complexity index is 2680. The third-order valence-corrected chi connectivity index (χ3v) is 12.9. The van der Waals surface area contributed by atoms with Crippen molar-refractivity contribution in [2.24, 2.45) is 0 Å². The molecule has 14 heteroatoms. The number of amides is 1. The Hall–Kier alpha value is -5.18. The van der Waals surface area contributed by atoms with Crippen LogP contribution < -0.4 is 20.1 Å². The van der Waals surface area contributed by atoms with Crippen LogP contribution >= 0.6 is 0 Å². The monoisotopic (exact) mass is 826 g/mol. The largest absolute Gasteiger partial charge is 0.481 e. The van der Waals surface area contributed by atoms with E-state index in [1.54, 1.807) is 24.1 Å². The van der Waals surface area contributed by atoms with Gasteiger partial charge in [-0.05, 0) is 113 Å². The predicted molar refractivity (Wildman–Crippen MR) is 219 cm³/mol. The van der Waals surface area contributed by atoms with E-state index >= 15 is 0 Å². The Morgan fingerprint density at radius 2 is 1.57 bits per heavy atom. The number of anilines is 1. The summed E-state index contributed by atoms with van der Waals surface area (Å²) in [5, 5.41) is 11.9. The van der Waals surface area contributed by atoms with E-state index in [1.165, 1.54) is 56.2 Å². The first-order chi connectivity index (χ1) is 27.6. The van der Waals surface area contributed by atoms with E-state index in [0.29, 0.717) is 25.1 Å². The molecule has 2 N–H and O–H groups in total. The fourth-order valence-electron chi connectivity index (χ4n) is 9.59. The number of carboxylic acid groups (broad SMARTS) is 1. The minimum atomic E-state index is -4.27. The van der Waals surface area contributed by atoms with E-state index in [-0.39, 0.29) is 22.6 Å². The van der Waals surface area contributed by atoms with Crippen molar-refractivity contribution in [2.45, 2.75) is 82.1 Å². The number of hydrogen-bond donors (Lipinski definition) is 2. The lowest BCUT2D eigenvalue weighted by Crippen LogP contribution is -2.48. The summed E-state index contributed by atoms with van der Waals surface area (Å²) >= 11 is 0. The van der Waals surface area contributed by atoms with Gasteiger partial charge in [0.25, 0.3) is 16.0 Å². The Morgan fingerprint density at radius 1 is 0.897 bits per heavy atom. The molecule has 0 bridgehead atoms. The molecule has 1 amide bonds. The zero-order valence-corrected chi connectivity index (χ0v) is 34.6. The zero-order chi connectivity index (χ0) is 41.5. The van der Waals surface area contributed by atoms with Crippen molar-refractivity contribution >= 4 is 43.9 Å². The Balaban J connectivity index is 0.00000122. The molecule has 3 aliphatic heterocycles. The number of aryl methyl sites for hydroxylation is 2. The number of carbonyl (C=O) groups excluding carboxylic acids is 1. The van der Waals surface area contributed by atoms with Crippen LogP contribution in [0.25, 0.3) is 5.57 Å². The molecule has 58 heavy (non-hydrogen) atoms. The number of carboxylic acids is 1. The molecule has 4 aromatic carbocycles. The molecule has 0 aromatic heterocycles. The minimum absolute atomic E-state index is 0.00931. The quantitative estimate of drug-likeness (QED) is 0.185. The topological polar surface area (TPSA) is 169 Å².